The number of halogens is 6. The van der Waals surface area contributed by atoms with Gasteiger partial charge in [0.15, 0.2) is 5.75 Å². The fraction of sp³-hybridized carbons (Fsp3) is 0.312. The Kier molecular flexibility index (Phi) is 11.5. The summed E-state index contributed by atoms with van der Waals surface area (Å²) in [6.07, 6.45) is -7.44. The smallest absolute Gasteiger partial charge is 0.419 e. The van der Waals surface area contributed by atoms with Crippen molar-refractivity contribution >= 4 is 35.2 Å². The summed E-state index contributed by atoms with van der Waals surface area (Å²) in [6, 6.07) is 9.78. The van der Waals surface area contributed by atoms with Crippen LogP contribution in [0.15, 0.2) is 54.7 Å². The molecule has 1 aliphatic heterocycles. The minimum absolute atomic E-state index is 0.0302. The number of amidine groups is 1. The molecule has 0 saturated carbocycles. The van der Waals surface area contributed by atoms with Crippen LogP contribution in [-0.2, 0) is 9.59 Å². The first-order valence-electron chi connectivity index (χ1n) is 14.9. The van der Waals surface area contributed by atoms with E-state index in [1.807, 2.05) is 14.1 Å². The van der Waals surface area contributed by atoms with Gasteiger partial charge in [-0.05, 0) is 69.4 Å². The molecule has 3 aromatic rings. The topological polar surface area (TPSA) is 164 Å². The number of esters is 2. The molecule has 0 spiro atoms. The van der Waals surface area contributed by atoms with Crippen molar-refractivity contribution in [3.8, 4) is 22.8 Å². The molecule has 1 amide bonds. The van der Waals surface area contributed by atoms with Crippen molar-refractivity contribution in [3.05, 3.63) is 71.4 Å². The van der Waals surface area contributed by atoms with Gasteiger partial charge in [0.2, 0.25) is 5.95 Å². The highest BCUT2D eigenvalue weighted by molar-refractivity contribution is 6.02. The van der Waals surface area contributed by atoms with Gasteiger partial charge < -0.3 is 30.3 Å². The molecule has 4 N–H and O–H groups in total. The number of hydrogen-bond donors (Lipinski definition) is 3. The molecule has 0 bridgehead atoms. The minimum Gasteiger partial charge on any atom is -0.419 e. The molecule has 50 heavy (non-hydrogen) atoms. The van der Waals surface area contributed by atoms with Gasteiger partial charge in [-0.25, -0.2) is 19.6 Å². The predicted molar refractivity (Wildman–Crippen MR) is 168 cm³/mol. The molecular weight excluding hydrogens is 676 g/mol. The maximum absolute atomic E-state index is 13.4. The molecule has 1 aliphatic rings. The second-order valence-corrected chi connectivity index (χ2v) is 11.2. The summed E-state index contributed by atoms with van der Waals surface area (Å²) in [5.74, 6) is -8.29. The minimum atomic E-state index is -5.54. The van der Waals surface area contributed by atoms with E-state index in [1.165, 1.54) is 11.0 Å². The Morgan fingerprint density at radius 2 is 1.64 bits per heavy atom. The lowest BCUT2D eigenvalue weighted by Gasteiger charge is -2.28. The van der Waals surface area contributed by atoms with E-state index in [1.54, 1.807) is 36.5 Å². The first-order chi connectivity index (χ1) is 23.5. The Morgan fingerprint density at radius 3 is 2.22 bits per heavy atom. The standard InChI is InChI=1S/C32H31F6N7O5/c1-44(2)15-3-13-41-30-42-14-10-22(43-30)18-4-6-20(7-5-18)27(46)45-16-11-19(12-17-45)24-23(49-28(47)31(33,34)35)9-8-21(26(39)40)25(24)50-29(48)32(36,37)38/h4-11,14H,3,12-13,15-17H2,1-2H3,(H3,39,40)(H,41,42,43). The molecule has 12 nitrogen and oxygen atoms in total. The van der Waals surface area contributed by atoms with Gasteiger partial charge in [-0.15, -0.1) is 0 Å². The molecule has 0 saturated heterocycles. The van der Waals surface area contributed by atoms with Crippen LogP contribution in [0.5, 0.6) is 11.5 Å². The number of anilines is 1. The van der Waals surface area contributed by atoms with E-state index >= 15 is 0 Å². The second-order valence-electron chi connectivity index (χ2n) is 11.2. The van der Waals surface area contributed by atoms with Crippen LogP contribution < -0.4 is 20.5 Å². The zero-order valence-corrected chi connectivity index (χ0v) is 26.6. The van der Waals surface area contributed by atoms with Gasteiger partial charge in [-0.2, -0.15) is 26.3 Å². The maximum atomic E-state index is 13.4. The van der Waals surface area contributed by atoms with Gasteiger partial charge in [0.05, 0.1) is 16.8 Å². The van der Waals surface area contributed by atoms with Crippen LogP contribution >= 0.6 is 0 Å². The number of amides is 1. The SMILES string of the molecule is CN(C)CCCNc1nccc(-c2ccc(C(=O)N3CC=C(c4c(OC(=O)C(F)(F)F)ccc(C(=N)N)c4OC(=O)C(F)(F)F)CC3)cc2)n1. The van der Waals surface area contributed by atoms with Crippen molar-refractivity contribution in [2.45, 2.75) is 25.2 Å². The Hall–Kier alpha value is -5.52. The molecule has 0 atom stereocenters. The first-order valence-corrected chi connectivity index (χ1v) is 14.9. The van der Waals surface area contributed by atoms with E-state index in [2.05, 4.69) is 29.7 Å². The number of benzene rings is 2. The van der Waals surface area contributed by atoms with Crippen molar-refractivity contribution in [2.24, 2.45) is 5.73 Å². The molecule has 0 unspecified atom stereocenters. The summed E-state index contributed by atoms with van der Waals surface area (Å²) >= 11 is 0. The third kappa shape index (κ3) is 9.34. The van der Waals surface area contributed by atoms with Gasteiger partial charge in [-0.1, -0.05) is 18.2 Å². The molecule has 0 aliphatic carbocycles. The molecule has 2 aromatic carbocycles. The summed E-state index contributed by atoms with van der Waals surface area (Å²) in [5, 5.41) is 10.9. The molecular formula is C32H31F6N7O5. The number of nitrogens with zero attached hydrogens (tertiary/aromatic N) is 4. The number of aromatic nitrogens is 2. The molecule has 2 heterocycles. The summed E-state index contributed by atoms with van der Waals surface area (Å²) in [4.78, 5) is 49.0. The monoisotopic (exact) mass is 707 g/mol. The Balaban J connectivity index is 1.58. The van der Waals surface area contributed by atoms with Gasteiger partial charge in [-0.3, -0.25) is 10.2 Å². The van der Waals surface area contributed by atoms with Crippen LogP contribution in [0.25, 0.3) is 16.8 Å². The summed E-state index contributed by atoms with van der Waals surface area (Å²) in [6.45, 7) is 1.28. The van der Waals surface area contributed by atoms with Crippen molar-refractivity contribution in [2.75, 3.05) is 45.6 Å². The Morgan fingerprint density at radius 1 is 0.980 bits per heavy atom. The highest BCUT2D eigenvalue weighted by Gasteiger charge is 2.44. The maximum Gasteiger partial charge on any atom is 0.491 e. The van der Waals surface area contributed by atoms with Crippen LogP contribution in [0.2, 0.25) is 0 Å². The lowest BCUT2D eigenvalue weighted by molar-refractivity contribution is -0.190. The fourth-order valence-electron chi connectivity index (χ4n) is 4.83. The fourth-order valence-corrected chi connectivity index (χ4v) is 4.83. The van der Waals surface area contributed by atoms with Crippen molar-refractivity contribution < 1.29 is 50.2 Å². The molecule has 0 fully saturated rings. The molecule has 1 aromatic heterocycles. The number of carbonyl (C=O) groups excluding carboxylic acids is 3. The number of ether oxygens (including phenoxy) is 2. The van der Waals surface area contributed by atoms with Crippen molar-refractivity contribution in [1.29, 1.82) is 5.41 Å². The molecule has 0 radical (unpaired) electrons. The number of hydrogen-bond acceptors (Lipinski definition) is 10. The zero-order valence-electron chi connectivity index (χ0n) is 26.6. The van der Waals surface area contributed by atoms with E-state index in [0.29, 0.717) is 23.8 Å². The van der Waals surface area contributed by atoms with E-state index in [9.17, 15) is 40.7 Å². The van der Waals surface area contributed by atoms with E-state index in [0.717, 1.165) is 25.1 Å². The predicted octanol–water partition coefficient (Wildman–Crippen LogP) is 4.66. The van der Waals surface area contributed by atoms with Crippen LogP contribution in [0.4, 0.5) is 32.3 Å². The lowest BCUT2D eigenvalue weighted by atomic mass is 9.94. The Labute approximate surface area is 281 Å². The van der Waals surface area contributed by atoms with Crippen LogP contribution in [0.3, 0.4) is 0 Å². The van der Waals surface area contributed by atoms with Gasteiger partial charge >= 0.3 is 24.3 Å². The summed E-state index contributed by atoms with van der Waals surface area (Å²) in [7, 11) is 3.95. The summed E-state index contributed by atoms with van der Waals surface area (Å²) < 4.78 is 87.7. The second kappa shape index (κ2) is 15.4. The number of nitrogens with one attached hydrogen (secondary N) is 2. The lowest BCUT2D eigenvalue weighted by Crippen LogP contribution is -2.35. The van der Waals surface area contributed by atoms with E-state index < -0.39 is 58.7 Å². The average Bonchev–Trinajstić information content (AvgIpc) is 3.05. The number of carbonyl (C=O) groups is 3. The van der Waals surface area contributed by atoms with Crippen LogP contribution in [0.1, 0.15) is 34.3 Å². The number of nitrogens with two attached hydrogens (primary N) is 1. The normalized spacial score (nSPS) is 13.5. The number of nitrogen functional groups attached to an aromatic ring is 1. The third-order valence-electron chi connectivity index (χ3n) is 7.24. The number of rotatable bonds is 11. The first kappa shape index (κ1) is 37.3. The zero-order chi connectivity index (χ0) is 36.8. The summed E-state index contributed by atoms with van der Waals surface area (Å²) in [5.41, 5.74) is 5.81. The van der Waals surface area contributed by atoms with E-state index in [4.69, 9.17) is 11.1 Å². The van der Waals surface area contributed by atoms with Crippen LogP contribution in [-0.4, -0.2) is 96.1 Å². The third-order valence-corrected chi connectivity index (χ3v) is 7.24. The van der Waals surface area contributed by atoms with E-state index in [-0.39, 0.29) is 30.6 Å². The average molecular weight is 708 g/mol. The Bertz CT molecular complexity index is 1790. The van der Waals surface area contributed by atoms with Crippen LogP contribution in [0, 0.1) is 5.41 Å². The molecule has 266 valence electrons. The quantitative estimate of drug-likeness (QED) is 0.0638. The van der Waals surface area contributed by atoms with Crippen molar-refractivity contribution in [1.82, 2.24) is 19.8 Å². The molecule has 18 heteroatoms. The van der Waals surface area contributed by atoms with Gasteiger partial charge in [0.1, 0.15) is 11.6 Å². The van der Waals surface area contributed by atoms with Gasteiger partial charge in [0.25, 0.3) is 5.91 Å². The molecule has 4 rings (SSSR count). The number of alkyl halides is 6. The highest BCUT2D eigenvalue weighted by atomic mass is 19.4. The highest BCUT2D eigenvalue weighted by Crippen LogP contribution is 2.42. The largest absolute Gasteiger partial charge is 0.491 e. The van der Waals surface area contributed by atoms with Crippen molar-refractivity contribution in [3.63, 3.8) is 0 Å². The van der Waals surface area contributed by atoms with Gasteiger partial charge in [0, 0.05) is 37.0 Å².